The summed E-state index contributed by atoms with van der Waals surface area (Å²) in [6.45, 7) is -0.332. The van der Waals surface area contributed by atoms with Gasteiger partial charge in [0.05, 0.1) is 17.5 Å². The van der Waals surface area contributed by atoms with Crippen molar-refractivity contribution in [3.8, 4) is 5.75 Å². The number of carbonyl (C=O) groups excluding carboxylic acids is 3. The highest BCUT2D eigenvalue weighted by atomic mass is 35.5. The number of halogens is 1. The molecule has 0 aromatic heterocycles. The second-order valence-electron chi connectivity index (χ2n) is 7.63. The Balaban J connectivity index is 1.33. The average molecular weight is 373 g/mol. The minimum absolute atomic E-state index is 0.139. The molecule has 1 heterocycles. The maximum absolute atomic E-state index is 12.8. The summed E-state index contributed by atoms with van der Waals surface area (Å²) >= 11 is 5.77. The van der Waals surface area contributed by atoms with E-state index in [1.807, 2.05) is 0 Å². The third-order valence-electron chi connectivity index (χ3n) is 6.29. The molecule has 7 heteroatoms. The third kappa shape index (κ3) is 2.14. The van der Waals surface area contributed by atoms with Gasteiger partial charge >= 0.3 is 0 Å². The Morgan fingerprint density at radius 1 is 1.15 bits per heavy atom. The van der Waals surface area contributed by atoms with Crippen LogP contribution in [0.3, 0.4) is 0 Å². The number of nitrogens with one attached hydrogen (secondary N) is 1. The molecule has 5 aliphatic rings. The molecule has 3 fully saturated rings. The maximum atomic E-state index is 12.8. The molecule has 4 aliphatic carbocycles. The van der Waals surface area contributed by atoms with E-state index in [4.69, 9.17) is 11.6 Å². The SMILES string of the molecule is O=C(CN1C(=O)[C@@H]2[C@H]3C=C[C@H]([C@H]4C[C@H]34)[C@@H]2C1=O)Nc1ccc(Cl)cc1O. The first-order chi connectivity index (χ1) is 12.5. The van der Waals surface area contributed by atoms with Crippen LogP contribution in [0.2, 0.25) is 5.02 Å². The first-order valence-corrected chi connectivity index (χ1v) is 9.15. The second-order valence-corrected chi connectivity index (χ2v) is 8.06. The lowest BCUT2D eigenvalue weighted by molar-refractivity contribution is -0.142. The van der Waals surface area contributed by atoms with Gasteiger partial charge in [0.25, 0.3) is 0 Å². The van der Waals surface area contributed by atoms with Crippen LogP contribution in [0.5, 0.6) is 5.75 Å². The van der Waals surface area contributed by atoms with Gasteiger partial charge in [-0.25, -0.2) is 0 Å². The van der Waals surface area contributed by atoms with Gasteiger partial charge in [0.2, 0.25) is 17.7 Å². The lowest BCUT2D eigenvalue weighted by Gasteiger charge is -2.37. The summed E-state index contributed by atoms with van der Waals surface area (Å²) in [5.74, 6) is -0.434. The Labute approximate surface area is 154 Å². The zero-order valence-electron chi connectivity index (χ0n) is 13.8. The van der Waals surface area contributed by atoms with E-state index in [0.717, 1.165) is 11.3 Å². The fraction of sp³-hybridized carbons (Fsp3) is 0.421. The summed E-state index contributed by atoms with van der Waals surface area (Å²) in [6.07, 6.45) is 5.30. The van der Waals surface area contributed by atoms with Gasteiger partial charge in [0.15, 0.2) is 0 Å². The van der Waals surface area contributed by atoms with Crippen LogP contribution in [0.15, 0.2) is 30.4 Å². The van der Waals surface area contributed by atoms with E-state index in [2.05, 4.69) is 17.5 Å². The molecule has 2 saturated carbocycles. The maximum Gasteiger partial charge on any atom is 0.244 e. The molecule has 0 unspecified atom stereocenters. The standard InChI is InChI=1S/C19H17ClN2O4/c20-8-1-4-13(14(23)5-8)21-15(24)7-22-18(25)16-9-2-3-10(12-6-11(9)12)17(16)19(22)26/h1-5,9-12,16-17,23H,6-7H2,(H,21,24)/t9-,10+,11-,12-,16+,17-/m1/s1. The van der Waals surface area contributed by atoms with Crippen molar-refractivity contribution in [3.63, 3.8) is 0 Å². The van der Waals surface area contributed by atoms with E-state index in [1.165, 1.54) is 18.2 Å². The highest BCUT2D eigenvalue weighted by molar-refractivity contribution is 6.30. The van der Waals surface area contributed by atoms with E-state index in [0.29, 0.717) is 16.9 Å². The smallest absolute Gasteiger partial charge is 0.244 e. The van der Waals surface area contributed by atoms with Crippen molar-refractivity contribution in [2.24, 2.45) is 35.5 Å². The Morgan fingerprint density at radius 3 is 2.35 bits per heavy atom. The van der Waals surface area contributed by atoms with Crippen molar-refractivity contribution < 1.29 is 19.5 Å². The van der Waals surface area contributed by atoms with E-state index in [9.17, 15) is 19.5 Å². The Bertz CT molecular complexity index is 846. The minimum Gasteiger partial charge on any atom is -0.506 e. The summed E-state index contributed by atoms with van der Waals surface area (Å²) in [5, 5.41) is 12.7. The average Bonchev–Trinajstić information content (AvgIpc) is 3.39. The van der Waals surface area contributed by atoms with E-state index in [1.54, 1.807) is 0 Å². The number of phenolic OH excluding ortho intramolecular Hbond substituents is 1. The van der Waals surface area contributed by atoms with Gasteiger partial charge in [-0.05, 0) is 42.2 Å². The Hall–Kier alpha value is -2.34. The number of imide groups is 1. The molecule has 6 atom stereocenters. The van der Waals surface area contributed by atoms with Gasteiger partial charge in [0, 0.05) is 11.1 Å². The molecule has 1 aliphatic heterocycles. The molecule has 2 N–H and O–H groups in total. The van der Waals surface area contributed by atoms with Gasteiger partial charge in [0.1, 0.15) is 12.3 Å². The molecule has 134 valence electrons. The van der Waals surface area contributed by atoms with Gasteiger partial charge in [-0.15, -0.1) is 0 Å². The normalized spacial score (nSPS) is 36.1. The topological polar surface area (TPSA) is 86.7 Å². The van der Waals surface area contributed by atoms with Crippen molar-refractivity contribution in [3.05, 3.63) is 35.4 Å². The fourth-order valence-electron chi connectivity index (χ4n) is 5.12. The first-order valence-electron chi connectivity index (χ1n) is 8.77. The van der Waals surface area contributed by atoms with Crippen LogP contribution in [0.1, 0.15) is 6.42 Å². The molecule has 1 aromatic rings. The molecule has 6 nitrogen and oxygen atoms in total. The highest BCUT2D eigenvalue weighted by Crippen LogP contribution is 2.65. The number of hydrogen-bond acceptors (Lipinski definition) is 4. The molecule has 3 amide bonds. The first kappa shape index (κ1) is 15.9. The number of phenols is 1. The number of aromatic hydroxyl groups is 1. The predicted molar refractivity (Wildman–Crippen MR) is 93.2 cm³/mol. The number of amides is 3. The quantitative estimate of drug-likeness (QED) is 0.483. The van der Waals surface area contributed by atoms with Crippen LogP contribution in [0.25, 0.3) is 0 Å². The second kappa shape index (κ2) is 5.33. The van der Waals surface area contributed by atoms with Gasteiger partial charge in [-0.2, -0.15) is 0 Å². The lowest BCUT2D eigenvalue weighted by Crippen LogP contribution is -2.40. The molecule has 2 bridgehead atoms. The lowest BCUT2D eigenvalue weighted by atomic mass is 9.63. The molecule has 1 aromatic carbocycles. The Kier molecular flexibility index (Phi) is 3.26. The van der Waals surface area contributed by atoms with E-state index in [-0.39, 0.29) is 53.5 Å². The Morgan fingerprint density at radius 2 is 1.77 bits per heavy atom. The molecule has 26 heavy (non-hydrogen) atoms. The van der Waals surface area contributed by atoms with Crippen molar-refractivity contribution >= 4 is 35.0 Å². The fourth-order valence-corrected chi connectivity index (χ4v) is 5.28. The number of carbonyl (C=O) groups is 3. The van der Waals surface area contributed by atoms with Crippen LogP contribution >= 0.6 is 11.6 Å². The van der Waals surface area contributed by atoms with Gasteiger partial charge in [-0.3, -0.25) is 19.3 Å². The molecule has 6 rings (SSSR count). The van der Waals surface area contributed by atoms with Gasteiger partial charge < -0.3 is 10.4 Å². The zero-order valence-corrected chi connectivity index (χ0v) is 14.5. The van der Waals surface area contributed by atoms with Crippen LogP contribution in [0.4, 0.5) is 5.69 Å². The molecule has 1 saturated heterocycles. The van der Waals surface area contributed by atoms with Crippen LogP contribution in [0, 0.1) is 35.5 Å². The van der Waals surface area contributed by atoms with E-state index < -0.39 is 5.91 Å². The molecular formula is C19H17ClN2O4. The third-order valence-corrected chi connectivity index (χ3v) is 6.52. The summed E-state index contributed by atoms with van der Waals surface area (Å²) < 4.78 is 0. The number of allylic oxidation sites excluding steroid dienone is 2. The minimum atomic E-state index is -0.520. The summed E-state index contributed by atoms with van der Waals surface area (Å²) in [7, 11) is 0. The van der Waals surface area contributed by atoms with Crippen LogP contribution in [-0.2, 0) is 14.4 Å². The summed E-state index contributed by atoms with van der Waals surface area (Å²) in [6, 6.07) is 4.32. The monoisotopic (exact) mass is 372 g/mol. The number of benzene rings is 1. The van der Waals surface area contributed by atoms with Crippen LogP contribution in [-0.4, -0.2) is 34.3 Å². The molecular weight excluding hydrogens is 356 g/mol. The summed E-state index contributed by atoms with van der Waals surface area (Å²) in [4.78, 5) is 39.1. The van der Waals surface area contributed by atoms with Crippen molar-refractivity contribution in [1.29, 1.82) is 0 Å². The van der Waals surface area contributed by atoms with Crippen molar-refractivity contribution in [2.45, 2.75) is 6.42 Å². The molecule has 0 radical (unpaired) electrons. The number of hydrogen-bond donors (Lipinski definition) is 2. The van der Waals surface area contributed by atoms with E-state index >= 15 is 0 Å². The molecule has 0 spiro atoms. The van der Waals surface area contributed by atoms with Crippen molar-refractivity contribution in [1.82, 2.24) is 4.90 Å². The zero-order chi connectivity index (χ0) is 18.2. The number of nitrogens with zero attached hydrogens (tertiary/aromatic N) is 1. The highest BCUT2D eigenvalue weighted by Gasteiger charge is 2.67. The van der Waals surface area contributed by atoms with Gasteiger partial charge in [-0.1, -0.05) is 23.8 Å². The number of anilines is 1. The predicted octanol–water partition coefficient (Wildman–Crippen LogP) is 2.04. The summed E-state index contributed by atoms with van der Waals surface area (Å²) in [5.41, 5.74) is 0.193. The van der Waals surface area contributed by atoms with Crippen LogP contribution < -0.4 is 5.32 Å². The number of likely N-dealkylation sites (tertiary alicyclic amines) is 1. The largest absolute Gasteiger partial charge is 0.506 e. The van der Waals surface area contributed by atoms with Crippen molar-refractivity contribution in [2.75, 3.05) is 11.9 Å². The number of rotatable bonds is 3.